The molecule has 2 N–H and O–H groups in total. The predicted molar refractivity (Wildman–Crippen MR) is 66.2 cm³/mol. The van der Waals surface area contributed by atoms with Gasteiger partial charge in [-0.25, -0.2) is 4.68 Å². The molecule has 2 rings (SSSR count). The largest absolute Gasteiger partial charge is 0.336 e. The average Bonchev–Trinajstić information content (AvgIpc) is 2.66. The minimum Gasteiger partial charge on any atom is -0.336 e. The Balaban J connectivity index is 2.05. The van der Waals surface area contributed by atoms with Gasteiger partial charge in [0.15, 0.2) is 0 Å². The van der Waals surface area contributed by atoms with E-state index in [0.29, 0.717) is 21.0 Å². The number of thioether (sulfide) groups is 1. The summed E-state index contributed by atoms with van der Waals surface area (Å²) in [7, 11) is 0. The number of nitrogen functional groups attached to an aromatic ring is 1. The molecule has 0 spiro atoms. The number of nitrogens with two attached hydrogens (primary N) is 1. The standard InChI is InChI=1S/C9H8Cl2N4S/c10-7-2-1-6(3-8(7)11)4-16-9-14-13-5-15(9)12/h1-3,5H,4,12H2. The first-order valence-electron chi connectivity index (χ1n) is 4.38. The van der Waals surface area contributed by atoms with Crippen molar-refractivity contribution in [2.24, 2.45) is 0 Å². The molecular formula is C9H8Cl2N4S. The molecular weight excluding hydrogens is 267 g/mol. The van der Waals surface area contributed by atoms with Crippen LogP contribution in [0.4, 0.5) is 0 Å². The van der Waals surface area contributed by atoms with E-state index in [-0.39, 0.29) is 0 Å². The Bertz CT molecular complexity index is 500. The third-order valence-electron chi connectivity index (χ3n) is 1.89. The molecule has 1 heterocycles. The molecule has 0 unspecified atom stereocenters. The molecule has 0 bridgehead atoms. The van der Waals surface area contributed by atoms with Gasteiger partial charge in [-0.3, -0.25) is 0 Å². The number of benzene rings is 1. The van der Waals surface area contributed by atoms with Crippen LogP contribution < -0.4 is 5.84 Å². The summed E-state index contributed by atoms with van der Waals surface area (Å²) in [4.78, 5) is 0. The van der Waals surface area contributed by atoms with Gasteiger partial charge in [-0.05, 0) is 17.7 Å². The Morgan fingerprint density at radius 2 is 2.12 bits per heavy atom. The molecule has 0 aliphatic heterocycles. The van der Waals surface area contributed by atoms with Crippen molar-refractivity contribution in [2.45, 2.75) is 10.9 Å². The fraction of sp³-hybridized carbons (Fsp3) is 0.111. The molecule has 84 valence electrons. The lowest BCUT2D eigenvalue weighted by Crippen LogP contribution is -2.07. The second-order valence-electron chi connectivity index (χ2n) is 3.06. The number of rotatable bonds is 3. The minimum absolute atomic E-state index is 0.550. The van der Waals surface area contributed by atoms with Crippen molar-refractivity contribution in [3.63, 3.8) is 0 Å². The van der Waals surface area contributed by atoms with Crippen LogP contribution in [0, 0.1) is 0 Å². The highest BCUT2D eigenvalue weighted by Crippen LogP contribution is 2.26. The summed E-state index contributed by atoms with van der Waals surface area (Å²) in [6.07, 6.45) is 1.46. The van der Waals surface area contributed by atoms with Crippen molar-refractivity contribution in [3.8, 4) is 0 Å². The van der Waals surface area contributed by atoms with Crippen LogP contribution >= 0.6 is 35.0 Å². The SMILES string of the molecule is Nn1cnnc1SCc1ccc(Cl)c(Cl)c1. The summed E-state index contributed by atoms with van der Waals surface area (Å²) < 4.78 is 1.38. The Labute approximate surface area is 107 Å². The normalized spacial score (nSPS) is 10.6. The molecule has 0 radical (unpaired) electrons. The quantitative estimate of drug-likeness (QED) is 0.691. The molecule has 7 heteroatoms. The van der Waals surface area contributed by atoms with Gasteiger partial charge in [0, 0.05) is 5.75 Å². The Morgan fingerprint density at radius 1 is 1.31 bits per heavy atom. The molecule has 0 aliphatic rings. The first-order chi connectivity index (χ1) is 7.66. The van der Waals surface area contributed by atoms with Gasteiger partial charge < -0.3 is 5.84 Å². The zero-order valence-corrected chi connectivity index (χ0v) is 10.4. The third kappa shape index (κ3) is 2.61. The van der Waals surface area contributed by atoms with Crippen LogP contribution in [0.1, 0.15) is 5.56 Å². The maximum Gasteiger partial charge on any atom is 0.209 e. The van der Waals surface area contributed by atoms with Crippen molar-refractivity contribution in [2.75, 3.05) is 5.84 Å². The Kier molecular flexibility index (Phi) is 3.58. The molecule has 0 fully saturated rings. The van der Waals surface area contributed by atoms with E-state index in [0.717, 1.165) is 5.56 Å². The lowest BCUT2D eigenvalue weighted by Gasteiger charge is -2.02. The van der Waals surface area contributed by atoms with Crippen LogP contribution in [0.15, 0.2) is 29.7 Å². The summed E-state index contributed by atoms with van der Waals surface area (Å²) in [5.74, 6) is 6.30. The van der Waals surface area contributed by atoms with Crippen molar-refractivity contribution in [3.05, 3.63) is 40.1 Å². The molecule has 2 aromatic rings. The van der Waals surface area contributed by atoms with Gasteiger partial charge in [-0.15, -0.1) is 10.2 Å². The summed E-state index contributed by atoms with van der Waals surface area (Å²) in [5.41, 5.74) is 1.06. The molecule has 1 aromatic carbocycles. The van der Waals surface area contributed by atoms with Gasteiger partial charge in [0.1, 0.15) is 6.33 Å². The molecule has 0 aliphatic carbocycles. The van der Waals surface area contributed by atoms with E-state index in [2.05, 4.69) is 10.2 Å². The van der Waals surface area contributed by atoms with Crippen molar-refractivity contribution >= 4 is 35.0 Å². The lowest BCUT2D eigenvalue weighted by molar-refractivity contribution is 0.846. The topological polar surface area (TPSA) is 56.7 Å². The van der Waals surface area contributed by atoms with Gasteiger partial charge in [-0.1, -0.05) is 41.0 Å². The third-order valence-corrected chi connectivity index (χ3v) is 3.66. The van der Waals surface area contributed by atoms with E-state index in [1.165, 1.54) is 22.8 Å². The molecule has 0 atom stereocenters. The lowest BCUT2D eigenvalue weighted by atomic mass is 10.2. The zero-order chi connectivity index (χ0) is 11.5. The predicted octanol–water partition coefficient (Wildman–Crippen LogP) is 2.59. The second-order valence-corrected chi connectivity index (χ2v) is 4.81. The summed E-state index contributed by atoms with van der Waals surface area (Å²) in [6.45, 7) is 0. The van der Waals surface area contributed by atoms with Crippen molar-refractivity contribution < 1.29 is 0 Å². The van der Waals surface area contributed by atoms with Crippen molar-refractivity contribution in [1.82, 2.24) is 14.9 Å². The van der Waals surface area contributed by atoms with Crippen molar-refractivity contribution in [1.29, 1.82) is 0 Å². The number of hydrogen-bond donors (Lipinski definition) is 1. The van der Waals surface area contributed by atoms with E-state index in [4.69, 9.17) is 29.0 Å². The van der Waals surface area contributed by atoms with Crippen LogP contribution in [-0.2, 0) is 5.75 Å². The van der Waals surface area contributed by atoms with E-state index in [1.807, 2.05) is 12.1 Å². The highest BCUT2D eigenvalue weighted by Gasteiger charge is 2.04. The zero-order valence-electron chi connectivity index (χ0n) is 8.10. The Morgan fingerprint density at radius 3 is 2.75 bits per heavy atom. The molecule has 1 aromatic heterocycles. The van der Waals surface area contributed by atoms with E-state index >= 15 is 0 Å². The minimum atomic E-state index is 0.550. The maximum atomic E-state index is 5.91. The fourth-order valence-corrected chi connectivity index (χ4v) is 2.21. The molecule has 0 saturated carbocycles. The first-order valence-corrected chi connectivity index (χ1v) is 6.13. The number of halogens is 2. The highest BCUT2D eigenvalue weighted by molar-refractivity contribution is 7.98. The van der Waals surface area contributed by atoms with Crippen LogP contribution in [0.5, 0.6) is 0 Å². The van der Waals surface area contributed by atoms with E-state index < -0.39 is 0 Å². The maximum absolute atomic E-state index is 5.91. The van der Waals surface area contributed by atoms with Crippen LogP contribution in [0.2, 0.25) is 10.0 Å². The average molecular weight is 275 g/mol. The monoisotopic (exact) mass is 274 g/mol. The molecule has 4 nitrogen and oxygen atoms in total. The van der Waals surface area contributed by atoms with Gasteiger partial charge in [0.05, 0.1) is 10.0 Å². The second kappa shape index (κ2) is 4.95. The van der Waals surface area contributed by atoms with Gasteiger partial charge in [0.25, 0.3) is 0 Å². The van der Waals surface area contributed by atoms with Gasteiger partial charge in [-0.2, -0.15) is 0 Å². The van der Waals surface area contributed by atoms with E-state index in [9.17, 15) is 0 Å². The summed E-state index contributed by atoms with van der Waals surface area (Å²) in [6, 6.07) is 5.51. The van der Waals surface area contributed by atoms with Crippen LogP contribution in [-0.4, -0.2) is 14.9 Å². The van der Waals surface area contributed by atoms with Crippen LogP contribution in [0.25, 0.3) is 0 Å². The number of aromatic nitrogens is 3. The van der Waals surface area contributed by atoms with E-state index in [1.54, 1.807) is 6.07 Å². The van der Waals surface area contributed by atoms with Crippen LogP contribution in [0.3, 0.4) is 0 Å². The molecule has 0 saturated heterocycles. The van der Waals surface area contributed by atoms with Gasteiger partial charge in [0.2, 0.25) is 5.16 Å². The summed E-state index contributed by atoms with van der Waals surface area (Å²) >= 11 is 13.2. The number of nitrogens with zero attached hydrogens (tertiary/aromatic N) is 3. The number of hydrogen-bond acceptors (Lipinski definition) is 4. The molecule has 0 amide bonds. The summed E-state index contributed by atoms with van der Waals surface area (Å²) in [5, 5.41) is 9.31. The highest BCUT2D eigenvalue weighted by atomic mass is 35.5. The van der Waals surface area contributed by atoms with Gasteiger partial charge >= 0.3 is 0 Å². The fourth-order valence-electron chi connectivity index (χ4n) is 1.11. The Hall–Kier alpha value is -0.910. The smallest absolute Gasteiger partial charge is 0.209 e. The first kappa shape index (κ1) is 11.6. The molecule has 16 heavy (non-hydrogen) atoms.